The predicted octanol–water partition coefficient (Wildman–Crippen LogP) is 5.71. The summed E-state index contributed by atoms with van der Waals surface area (Å²) in [6.45, 7) is 7.33. The second-order valence-electron chi connectivity index (χ2n) is 11.9. The van der Waals surface area contributed by atoms with Crippen molar-refractivity contribution in [2.75, 3.05) is 53.5 Å². The van der Waals surface area contributed by atoms with E-state index in [4.69, 9.17) is 14.6 Å². The van der Waals surface area contributed by atoms with Gasteiger partial charge >= 0.3 is 0 Å². The molecule has 6 rings (SSSR count). The molecule has 2 saturated heterocycles. The fourth-order valence-corrected chi connectivity index (χ4v) is 6.28. The molecule has 0 bridgehead atoms. The summed E-state index contributed by atoms with van der Waals surface area (Å²) in [7, 11) is 4.00. The number of aromatic nitrogens is 2. The number of likely N-dealkylation sites (tertiary alicyclic amines) is 1. The highest BCUT2D eigenvalue weighted by Gasteiger charge is 2.24. The molecule has 3 heterocycles. The lowest BCUT2D eigenvalue weighted by Gasteiger charge is -2.23. The van der Waals surface area contributed by atoms with Crippen molar-refractivity contribution in [3.63, 3.8) is 0 Å². The average molecular weight is 570 g/mol. The van der Waals surface area contributed by atoms with E-state index in [1.165, 1.54) is 19.4 Å². The minimum atomic E-state index is -0.0987. The summed E-state index contributed by atoms with van der Waals surface area (Å²) in [6, 6.07) is 19.2. The van der Waals surface area contributed by atoms with Gasteiger partial charge in [-0.3, -0.25) is 9.69 Å². The number of carbonyl (C=O) groups is 1. The Kier molecular flexibility index (Phi) is 8.74. The molecular formula is C34H43N5O3. The molecule has 0 spiro atoms. The molecule has 42 heavy (non-hydrogen) atoms. The van der Waals surface area contributed by atoms with E-state index in [9.17, 15) is 4.79 Å². The van der Waals surface area contributed by atoms with E-state index in [1.54, 1.807) is 0 Å². The normalized spacial score (nSPS) is 19.6. The van der Waals surface area contributed by atoms with Crippen LogP contribution in [-0.4, -0.2) is 85.0 Å². The van der Waals surface area contributed by atoms with Gasteiger partial charge in [0.2, 0.25) is 0 Å². The second kappa shape index (κ2) is 12.8. The Hall–Kier alpha value is -3.46. The molecule has 222 valence electrons. The Morgan fingerprint density at radius 3 is 2.71 bits per heavy atom. The van der Waals surface area contributed by atoms with E-state index >= 15 is 0 Å². The first-order valence-electron chi connectivity index (χ1n) is 15.5. The molecular weight excluding hydrogens is 526 g/mol. The molecule has 0 saturated carbocycles. The van der Waals surface area contributed by atoms with E-state index in [0.717, 1.165) is 84.2 Å². The van der Waals surface area contributed by atoms with Gasteiger partial charge in [-0.05, 0) is 106 Å². The minimum absolute atomic E-state index is 0.0722. The lowest BCUT2D eigenvalue weighted by Crippen LogP contribution is -2.33. The Morgan fingerprint density at radius 1 is 1.05 bits per heavy atom. The predicted molar refractivity (Wildman–Crippen MR) is 168 cm³/mol. The molecule has 1 amide bonds. The van der Waals surface area contributed by atoms with Crippen LogP contribution in [0.4, 0.5) is 0 Å². The van der Waals surface area contributed by atoms with Crippen LogP contribution in [0.15, 0.2) is 54.6 Å². The van der Waals surface area contributed by atoms with Gasteiger partial charge < -0.3 is 19.7 Å². The van der Waals surface area contributed by atoms with Gasteiger partial charge in [-0.25, -0.2) is 4.68 Å². The maximum Gasteiger partial charge on any atom is 0.251 e. The van der Waals surface area contributed by atoms with Crippen molar-refractivity contribution in [3.05, 3.63) is 60.2 Å². The Morgan fingerprint density at radius 2 is 1.90 bits per heavy atom. The van der Waals surface area contributed by atoms with Crippen LogP contribution in [0.25, 0.3) is 32.9 Å². The SMILES string of the molecule is CCN1CCCC1COc1ccc2cc(-c3nn([C@@H]4CCCCO4)c4ccc(C(=O)NCCN(C)C)cc34)ccc2c1. The van der Waals surface area contributed by atoms with E-state index in [0.29, 0.717) is 18.2 Å². The lowest BCUT2D eigenvalue weighted by molar-refractivity contribution is -0.0365. The Labute approximate surface area is 248 Å². The van der Waals surface area contributed by atoms with Gasteiger partial charge in [0.25, 0.3) is 5.91 Å². The van der Waals surface area contributed by atoms with Gasteiger partial charge in [-0.15, -0.1) is 0 Å². The number of carbonyl (C=O) groups excluding carboxylic acids is 1. The Balaban J connectivity index is 1.30. The van der Waals surface area contributed by atoms with Gasteiger partial charge in [0.15, 0.2) is 6.23 Å². The van der Waals surface area contributed by atoms with Crippen molar-refractivity contribution in [3.8, 4) is 17.0 Å². The van der Waals surface area contributed by atoms with Gasteiger partial charge in [-0.2, -0.15) is 5.10 Å². The zero-order valence-corrected chi connectivity index (χ0v) is 25.1. The number of benzene rings is 3. The van der Waals surface area contributed by atoms with Gasteiger partial charge in [-0.1, -0.05) is 25.1 Å². The highest BCUT2D eigenvalue weighted by molar-refractivity contribution is 6.02. The van der Waals surface area contributed by atoms with E-state index < -0.39 is 0 Å². The fraction of sp³-hybridized carbons (Fsp3) is 0.471. The number of nitrogens with one attached hydrogen (secondary N) is 1. The van der Waals surface area contributed by atoms with E-state index in [-0.39, 0.29) is 12.1 Å². The molecule has 2 aliphatic rings. The van der Waals surface area contributed by atoms with Crippen LogP contribution in [-0.2, 0) is 4.74 Å². The van der Waals surface area contributed by atoms with Crippen molar-refractivity contribution >= 4 is 27.6 Å². The summed E-state index contributed by atoms with van der Waals surface area (Å²) >= 11 is 0. The molecule has 0 radical (unpaired) electrons. The van der Waals surface area contributed by atoms with Crippen LogP contribution in [0, 0.1) is 0 Å². The third-order valence-corrected chi connectivity index (χ3v) is 8.67. The summed E-state index contributed by atoms with van der Waals surface area (Å²) in [5.74, 6) is 0.837. The highest BCUT2D eigenvalue weighted by atomic mass is 16.5. The first-order valence-corrected chi connectivity index (χ1v) is 15.5. The first-order chi connectivity index (χ1) is 20.5. The lowest BCUT2D eigenvalue weighted by atomic mass is 10.0. The molecule has 2 atom stereocenters. The molecule has 4 aromatic rings. The van der Waals surface area contributed by atoms with Crippen molar-refractivity contribution in [2.45, 2.75) is 51.3 Å². The van der Waals surface area contributed by atoms with Gasteiger partial charge in [0.05, 0.1) is 5.52 Å². The van der Waals surface area contributed by atoms with Crippen molar-refractivity contribution in [1.29, 1.82) is 0 Å². The number of ether oxygens (including phenoxy) is 2. The summed E-state index contributed by atoms with van der Waals surface area (Å²) < 4.78 is 14.4. The number of fused-ring (bicyclic) bond motifs is 2. The number of likely N-dealkylation sites (N-methyl/N-ethyl adjacent to an activating group) is 2. The molecule has 2 aliphatic heterocycles. The maximum absolute atomic E-state index is 13.0. The summed E-state index contributed by atoms with van der Waals surface area (Å²) in [4.78, 5) is 17.6. The Bertz CT molecular complexity index is 1540. The number of amides is 1. The van der Waals surface area contributed by atoms with Crippen LogP contribution >= 0.6 is 0 Å². The molecule has 1 aromatic heterocycles. The van der Waals surface area contributed by atoms with E-state index in [1.807, 2.05) is 37.0 Å². The number of hydrogen-bond acceptors (Lipinski definition) is 6. The third-order valence-electron chi connectivity index (χ3n) is 8.67. The second-order valence-corrected chi connectivity index (χ2v) is 11.9. The summed E-state index contributed by atoms with van der Waals surface area (Å²) in [5, 5.41) is 11.4. The molecule has 8 heteroatoms. The molecule has 2 fully saturated rings. The van der Waals surface area contributed by atoms with Crippen LogP contribution in [0.5, 0.6) is 5.75 Å². The quantitative estimate of drug-likeness (QED) is 0.264. The largest absolute Gasteiger partial charge is 0.492 e. The van der Waals surface area contributed by atoms with Gasteiger partial charge in [0, 0.05) is 42.3 Å². The van der Waals surface area contributed by atoms with Crippen LogP contribution in [0.2, 0.25) is 0 Å². The molecule has 1 unspecified atom stereocenters. The van der Waals surface area contributed by atoms with E-state index in [2.05, 4.69) is 58.4 Å². The van der Waals surface area contributed by atoms with Crippen LogP contribution < -0.4 is 10.1 Å². The van der Waals surface area contributed by atoms with Crippen molar-refractivity contribution < 1.29 is 14.3 Å². The standard InChI is InChI=1S/C34H43N5O3/c1-4-38-17-7-8-28(38)23-42-29-14-12-24-20-26(11-10-25(24)21-29)33-30-22-27(34(40)35-16-18-37(2)3)13-15-31(30)39(36-33)32-9-5-6-19-41-32/h10-15,20-22,28,32H,4-9,16-19,23H2,1-3H3,(H,35,40)/t28?,32-/m0/s1. The minimum Gasteiger partial charge on any atom is -0.492 e. The summed E-state index contributed by atoms with van der Waals surface area (Å²) in [6.07, 6.45) is 5.48. The first kappa shape index (κ1) is 28.6. The summed E-state index contributed by atoms with van der Waals surface area (Å²) in [5.41, 5.74) is 3.51. The molecule has 8 nitrogen and oxygen atoms in total. The molecule has 3 aromatic carbocycles. The van der Waals surface area contributed by atoms with Gasteiger partial charge in [0.1, 0.15) is 18.1 Å². The third kappa shape index (κ3) is 6.16. The van der Waals surface area contributed by atoms with Crippen LogP contribution in [0.3, 0.4) is 0 Å². The number of rotatable bonds is 10. The van der Waals surface area contributed by atoms with Crippen molar-refractivity contribution in [2.24, 2.45) is 0 Å². The number of hydrogen-bond donors (Lipinski definition) is 1. The highest BCUT2D eigenvalue weighted by Crippen LogP contribution is 2.35. The van der Waals surface area contributed by atoms with Crippen LogP contribution in [0.1, 0.15) is 55.6 Å². The number of nitrogens with zero attached hydrogens (tertiary/aromatic N) is 4. The average Bonchev–Trinajstić information content (AvgIpc) is 3.64. The maximum atomic E-state index is 13.0. The molecule has 0 aliphatic carbocycles. The zero-order chi connectivity index (χ0) is 29.1. The topological polar surface area (TPSA) is 71.9 Å². The smallest absolute Gasteiger partial charge is 0.251 e. The molecule has 1 N–H and O–H groups in total. The zero-order valence-electron chi connectivity index (χ0n) is 25.1. The fourth-order valence-electron chi connectivity index (χ4n) is 6.28. The monoisotopic (exact) mass is 569 g/mol. The van der Waals surface area contributed by atoms with Crippen molar-refractivity contribution in [1.82, 2.24) is 24.9 Å².